The van der Waals surface area contributed by atoms with E-state index >= 15 is 0 Å². The number of rotatable bonds is 8. The van der Waals surface area contributed by atoms with Crippen LogP contribution in [0.2, 0.25) is 0 Å². The van der Waals surface area contributed by atoms with Crippen LogP contribution < -0.4 is 10.6 Å². The van der Waals surface area contributed by atoms with Crippen molar-refractivity contribution in [3.8, 4) is 0 Å². The highest BCUT2D eigenvalue weighted by molar-refractivity contribution is 5.25. The van der Waals surface area contributed by atoms with Crippen LogP contribution in [-0.2, 0) is 13.1 Å². The third-order valence-corrected chi connectivity index (χ3v) is 5.14. The Bertz CT molecular complexity index is 908. The Labute approximate surface area is 173 Å². The van der Waals surface area contributed by atoms with Crippen LogP contribution >= 0.6 is 0 Å². The topological polar surface area (TPSA) is 24.1 Å². The Balaban J connectivity index is 1.50. The smallest absolute Gasteiger partial charge is 0.159 e. The third-order valence-electron chi connectivity index (χ3n) is 5.14. The van der Waals surface area contributed by atoms with Crippen LogP contribution in [0.5, 0.6) is 0 Å². The highest BCUT2D eigenvalue weighted by Crippen LogP contribution is 2.18. The molecule has 158 valence electrons. The van der Waals surface area contributed by atoms with Crippen LogP contribution in [0.1, 0.15) is 48.2 Å². The summed E-state index contributed by atoms with van der Waals surface area (Å²) in [6.07, 6.45) is 0. The first-order valence-corrected chi connectivity index (χ1v) is 9.78. The minimum absolute atomic E-state index is 0.126. The minimum atomic E-state index is -0.853. The number of hydrogen-bond donors (Lipinski definition) is 2. The lowest BCUT2D eigenvalue weighted by molar-refractivity contribution is 0.500. The number of hydrogen-bond acceptors (Lipinski definition) is 2. The lowest BCUT2D eigenvalue weighted by atomic mass is 10.1. The summed E-state index contributed by atoms with van der Waals surface area (Å²) >= 11 is 0. The van der Waals surface area contributed by atoms with Gasteiger partial charge in [0.2, 0.25) is 0 Å². The fourth-order valence-electron chi connectivity index (χ4n) is 3.12. The molecule has 0 fully saturated rings. The molecule has 0 spiro atoms. The van der Waals surface area contributed by atoms with Crippen LogP contribution in [-0.4, -0.2) is 0 Å². The van der Waals surface area contributed by atoms with Crippen molar-refractivity contribution in [2.45, 2.75) is 39.0 Å². The van der Waals surface area contributed by atoms with Gasteiger partial charge in [0.25, 0.3) is 0 Å². The minimum Gasteiger partial charge on any atom is -0.306 e. The number of halogens is 4. The zero-order valence-electron chi connectivity index (χ0n) is 16.9. The summed E-state index contributed by atoms with van der Waals surface area (Å²) in [5, 5.41) is 6.58. The van der Waals surface area contributed by atoms with Gasteiger partial charge in [0, 0.05) is 25.2 Å². The first-order chi connectivity index (χ1) is 14.3. The molecule has 0 saturated carbocycles. The molecule has 0 aliphatic rings. The van der Waals surface area contributed by atoms with Crippen LogP contribution in [0.25, 0.3) is 0 Å². The first-order valence-electron chi connectivity index (χ1n) is 9.78. The second-order valence-corrected chi connectivity index (χ2v) is 7.37. The fourth-order valence-corrected chi connectivity index (χ4v) is 3.12. The normalized spacial score (nSPS) is 13.3. The van der Waals surface area contributed by atoms with E-state index < -0.39 is 23.3 Å². The first kappa shape index (κ1) is 22.0. The van der Waals surface area contributed by atoms with E-state index in [4.69, 9.17) is 0 Å². The molecule has 0 aliphatic heterocycles. The van der Waals surface area contributed by atoms with Gasteiger partial charge in [-0.1, -0.05) is 36.4 Å². The van der Waals surface area contributed by atoms with Gasteiger partial charge >= 0.3 is 0 Å². The highest BCUT2D eigenvalue weighted by atomic mass is 19.2. The lowest BCUT2D eigenvalue weighted by Gasteiger charge is -2.16. The fraction of sp³-hybridized carbons (Fsp3) is 0.250. The summed E-state index contributed by atoms with van der Waals surface area (Å²) in [4.78, 5) is 0. The largest absolute Gasteiger partial charge is 0.306 e. The van der Waals surface area contributed by atoms with E-state index in [1.165, 1.54) is 12.1 Å². The Morgan fingerprint density at radius 2 is 0.933 bits per heavy atom. The summed E-state index contributed by atoms with van der Waals surface area (Å²) in [6, 6.07) is 15.5. The Kier molecular flexibility index (Phi) is 7.24. The molecule has 6 heteroatoms. The standard InChI is InChI=1S/C24H24F4N2/c1-15(19-7-9-21(25)23(27)11-19)29-13-17-3-5-18(6-4-17)14-30-16(2)20-8-10-22(26)24(28)12-20/h3-12,15-16,29-30H,13-14H2,1-2H3/t15-,16-/m1/s1. The Hall–Kier alpha value is -2.70. The molecule has 0 heterocycles. The van der Waals surface area contributed by atoms with Crippen molar-refractivity contribution in [1.82, 2.24) is 10.6 Å². The van der Waals surface area contributed by atoms with Crippen molar-refractivity contribution >= 4 is 0 Å². The maximum atomic E-state index is 13.4. The molecule has 2 atom stereocenters. The van der Waals surface area contributed by atoms with Crippen molar-refractivity contribution in [2.75, 3.05) is 0 Å². The Morgan fingerprint density at radius 1 is 0.567 bits per heavy atom. The van der Waals surface area contributed by atoms with Crippen molar-refractivity contribution in [3.63, 3.8) is 0 Å². The molecular formula is C24H24F4N2. The average molecular weight is 416 g/mol. The molecule has 0 aromatic heterocycles. The average Bonchev–Trinajstić information content (AvgIpc) is 2.74. The van der Waals surface area contributed by atoms with Crippen LogP contribution in [0.15, 0.2) is 60.7 Å². The van der Waals surface area contributed by atoms with E-state index in [9.17, 15) is 17.6 Å². The van der Waals surface area contributed by atoms with Crippen molar-refractivity contribution in [2.24, 2.45) is 0 Å². The van der Waals surface area contributed by atoms with Crippen LogP contribution in [0, 0.1) is 23.3 Å². The van der Waals surface area contributed by atoms with Gasteiger partial charge in [-0.15, -0.1) is 0 Å². The van der Waals surface area contributed by atoms with Crippen LogP contribution in [0.4, 0.5) is 17.6 Å². The maximum Gasteiger partial charge on any atom is 0.159 e. The second kappa shape index (κ2) is 9.87. The highest BCUT2D eigenvalue weighted by Gasteiger charge is 2.10. The second-order valence-electron chi connectivity index (χ2n) is 7.37. The summed E-state index contributed by atoms with van der Waals surface area (Å²) in [7, 11) is 0. The summed E-state index contributed by atoms with van der Waals surface area (Å²) in [6.45, 7) is 4.95. The van der Waals surface area contributed by atoms with Crippen molar-refractivity contribution < 1.29 is 17.6 Å². The molecule has 0 saturated heterocycles. The van der Waals surface area contributed by atoms with E-state index in [1.54, 1.807) is 12.1 Å². The summed E-state index contributed by atoms with van der Waals surface area (Å²) in [5.41, 5.74) is 3.48. The Morgan fingerprint density at radius 3 is 1.27 bits per heavy atom. The number of nitrogens with one attached hydrogen (secondary N) is 2. The van der Waals surface area contributed by atoms with E-state index in [0.717, 1.165) is 23.3 Å². The molecular weight excluding hydrogens is 392 g/mol. The van der Waals surface area contributed by atoms with E-state index in [2.05, 4.69) is 10.6 Å². The van der Waals surface area contributed by atoms with E-state index in [-0.39, 0.29) is 12.1 Å². The number of benzene rings is 3. The van der Waals surface area contributed by atoms with E-state index in [0.29, 0.717) is 24.2 Å². The molecule has 0 bridgehead atoms. The molecule has 0 unspecified atom stereocenters. The molecule has 0 radical (unpaired) electrons. The van der Waals surface area contributed by atoms with Gasteiger partial charge in [0.15, 0.2) is 23.3 Å². The molecule has 3 aromatic rings. The zero-order chi connectivity index (χ0) is 21.7. The van der Waals surface area contributed by atoms with Gasteiger partial charge in [0.1, 0.15) is 0 Å². The molecule has 3 aromatic carbocycles. The van der Waals surface area contributed by atoms with Gasteiger partial charge in [-0.05, 0) is 60.4 Å². The quantitative estimate of drug-likeness (QED) is 0.444. The van der Waals surface area contributed by atoms with E-state index in [1.807, 2.05) is 38.1 Å². The summed E-state index contributed by atoms with van der Waals surface area (Å²) < 4.78 is 52.9. The predicted octanol–water partition coefficient (Wildman–Crippen LogP) is 5.94. The van der Waals surface area contributed by atoms with Gasteiger partial charge in [-0.3, -0.25) is 0 Å². The lowest BCUT2D eigenvalue weighted by Crippen LogP contribution is -2.19. The molecule has 0 amide bonds. The summed E-state index contributed by atoms with van der Waals surface area (Å²) in [5.74, 6) is -3.41. The molecule has 2 nitrogen and oxygen atoms in total. The van der Waals surface area contributed by atoms with Gasteiger partial charge in [-0.25, -0.2) is 17.6 Å². The van der Waals surface area contributed by atoms with Gasteiger partial charge in [-0.2, -0.15) is 0 Å². The van der Waals surface area contributed by atoms with Crippen molar-refractivity contribution in [3.05, 3.63) is 106 Å². The third kappa shape index (κ3) is 5.68. The predicted molar refractivity (Wildman–Crippen MR) is 110 cm³/mol. The monoisotopic (exact) mass is 416 g/mol. The SMILES string of the molecule is C[C@@H](NCc1ccc(CN[C@H](C)c2ccc(F)c(F)c2)cc1)c1ccc(F)c(F)c1. The molecule has 30 heavy (non-hydrogen) atoms. The van der Waals surface area contributed by atoms with Gasteiger partial charge in [0.05, 0.1) is 0 Å². The molecule has 3 rings (SSSR count). The molecule has 2 N–H and O–H groups in total. The maximum absolute atomic E-state index is 13.4. The van der Waals surface area contributed by atoms with Crippen molar-refractivity contribution in [1.29, 1.82) is 0 Å². The zero-order valence-corrected chi connectivity index (χ0v) is 16.9. The van der Waals surface area contributed by atoms with Gasteiger partial charge < -0.3 is 10.6 Å². The molecule has 0 aliphatic carbocycles. The van der Waals surface area contributed by atoms with Crippen LogP contribution in [0.3, 0.4) is 0 Å².